The van der Waals surface area contributed by atoms with E-state index < -0.39 is 12.1 Å². The van der Waals surface area contributed by atoms with E-state index >= 15 is 0 Å². The summed E-state index contributed by atoms with van der Waals surface area (Å²) in [5.74, 6) is 5.79. The Morgan fingerprint density at radius 2 is 2.13 bits per heavy atom. The van der Waals surface area contributed by atoms with E-state index in [1.165, 1.54) is 7.11 Å². The molecule has 0 atom stereocenters. The quantitative estimate of drug-likeness (QED) is 0.497. The van der Waals surface area contributed by atoms with Gasteiger partial charge in [0.05, 0.1) is 12.7 Å². The zero-order valence-corrected chi connectivity index (χ0v) is 13.8. The predicted molar refractivity (Wildman–Crippen MR) is 90.2 cm³/mol. The number of benzene rings is 1. The third-order valence-corrected chi connectivity index (χ3v) is 3.02. The molecule has 126 valence electrons. The van der Waals surface area contributed by atoms with Gasteiger partial charge in [0, 0.05) is 13.5 Å². The highest BCUT2D eigenvalue weighted by Gasteiger charge is 2.04. The van der Waals surface area contributed by atoms with Crippen molar-refractivity contribution in [2.24, 2.45) is 5.92 Å². The van der Waals surface area contributed by atoms with E-state index in [-0.39, 0.29) is 8.03 Å². The Balaban J connectivity index is 0.00000529. The van der Waals surface area contributed by atoms with Crippen LogP contribution < -0.4 is 5.32 Å². The Morgan fingerprint density at radius 1 is 1.35 bits per heavy atom. The molecule has 0 radical (unpaired) electrons. The van der Waals surface area contributed by atoms with Crippen molar-refractivity contribution in [3.8, 4) is 11.8 Å². The summed E-state index contributed by atoms with van der Waals surface area (Å²) in [4.78, 5) is 22.8. The van der Waals surface area contributed by atoms with E-state index in [0.717, 1.165) is 12.8 Å². The first-order valence-corrected chi connectivity index (χ1v) is 7.60. The first-order valence-electron chi connectivity index (χ1n) is 7.60. The Kier molecular flexibility index (Phi) is 8.30. The van der Waals surface area contributed by atoms with Crippen LogP contribution in [0.4, 0.5) is 4.79 Å². The molecule has 1 amide bonds. The van der Waals surface area contributed by atoms with Crippen LogP contribution in [0.25, 0.3) is 0 Å². The molecule has 0 aromatic heterocycles. The maximum absolute atomic E-state index is 11.4. The summed E-state index contributed by atoms with van der Waals surface area (Å²) in [6, 6.07) is 6.77. The SMILES string of the molecule is COC(=O)c1cccc(C#CCOC(=O)NCCCC(C)C)c1.[HH]. The zero-order valence-electron chi connectivity index (χ0n) is 13.8. The number of carbonyl (C=O) groups is 2. The Labute approximate surface area is 138 Å². The fourth-order valence-corrected chi connectivity index (χ4v) is 1.83. The van der Waals surface area contributed by atoms with Crippen molar-refractivity contribution in [1.29, 1.82) is 0 Å². The van der Waals surface area contributed by atoms with Crippen LogP contribution in [0, 0.1) is 17.8 Å². The largest absolute Gasteiger partial charge is 0.465 e. The third-order valence-electron chi connectivity index (χ3n) is 3.02. The molecular weight excluding hydrogens is 294 g/mol. The van der Waals surface area contributed by atoms with Crippen LogP contribution in [0.5, 0.6) is 0 Å². The van der Waals surface area contributed by atoms with Gasteiger partial charge in [0.2, 0.25) is 0 Å². The van der Waals surface area contributed by atoms with Gasteiger partial charge in [-0.25, -0.2) is 9.59 Å². The Hall–Kier alpha value is -2.48. The molecule has 5 heteroatoms. The summed E-state index contributed by atoms with van der Waals surface area (Å²) in [6.45, 7) is 4.89. The highest BCUT2D eigenvalue weighted by Crippen LogP contribution is 2.05. The van der Waals surface area contributed by atoms with Crippen molar-refractivity contribution in [3.63, 3.8) is 0 Å². The van der Waals surface area contributed by atoms with E-state index in [0.29, 0.717) is 23.6 Å². The number of methoxy groups -OCH3 is 1. The molecule has 1 rings (SSSR count). The summed E-state index contributed by atoms with van der Waals surface area (Å²) >= 11 is 0. The summed E-state index contributed by atoms with van der Waals surface area (Å²) in [5, 5.41) is 2.68. The standard InChI is InChI=1S/C18H23NO4.H2/c1-14(2)7-5-11-19-18(21)23-12-6-9-15-8-4-10-16(13-15)17(20)22-3;/h4,8,10,13-14H,5,7,11-12H2,1-3H3,(H,19,21);1H. The number of ether oxygens (including phenoxy) is 2. The fourth-order valence-electron chi connectivity index (χ4n) is 1.83. The minimum absolute atomic E-state index is 0. The highest BCUT2D eigenvalue weighted by molar-refractivity contribution is 5.89. The van der Waals surface area contributed by atoms with Gasteiger partial charge in [-0.05, 0) is 37.0 Å². The second kappa shape index (κ2) is 10.3. The van der Waals surface area contributed by atoms with Gasteiger partial charge in [-0.15, -0.1) is 0 Å². The van der Waals surface area contributed by atoms with Crippen LogP contribution in [-0.4, -0.2) is 32.3 Å². The number of amides is 1. The smallest absolute Gasteiger partial charge is 0.408 e. The number of rotatable bonds is 6. The first kappa shape index (κ1) is 18.6. The average molecular weight is 319 g/mol. The van der Waals surface area contributed by atoms with Crippen LogP contribution in [0.1, 0.15) is 44.0 Å². The number of carbonyl (C=O) groups excluding carboxylic acids is 2. The van der Waals surface area contributed by atoms with Gasteiger partial charge in [0.1, 0.15) is 0 Å². The molecule has 0 unspecified atom stereocenters. The predicted octanol–water partition coefficient (Wildman–Crippen LogP) is 3.23. The van der Waals surface area contributed by atoms with Gasteiger partial charge >= 0.3 is 12.1 Å². The van der Waals surface area contributed by atoms with E-state index in [1.807, 2.05) is 0 Å². The van der Waals surface area contributed by atoms with Gasteiger partial charge in [-0.2, -0.15) is 0 Å². The molecule has 23 heavy (non-hydrogen) atoms. The third kappa shape index (κ3) is 7.91. The average Bonchev–Trinajstić information content (AvgIpc) is 2.55. The maximum atomic E-state index is 11.4. The molecule has 0 saturated heterocycles. The fraction of sp³-hybridized carbons (Fsp3) is 0.444. The number of alkyl carbamates (subject to hydrolysis) is 1. The van der Waals surface area contributed by atoms with Gasteiger partial charge in [-0.3, -0.25) is 0 Å². The van der Waals surface area contributed by atoms with E-state index in [9.17, 15) is 9.59 Å². The summed E-state index contributed by atoms with van der Waals surface area (Å²) < 4.78 is 9.60. The molecule has 0 aliphatic carbocycles. The van der Waals surface area contributed by atoms with Crippen molar-refractivity contribution in [2.45, 2.75) is 26.7 Å². The van der Waals surface area contributed by atoms with Crippen LogP contribution in [0.2, 0.25) is 0 Å². The lowest BCUT2D eigenvalue weighted by Crippen LogP contribution is -2.25. The molecule has 5 nitrogen and oxygen atoms in total. The Morgan fingerprint density at radius 3 is 2.83 bits per heavy atom. The molecule has 0 heterocycles. The van der Waals surface area contributed by atoms with Crippen molar-refractivity contribution in [1.82, 2.24) is 5.32 Å². The van der Waals surface area contributed by atoms with E-state index in [4.69, 9.17) is 4.74 Å². The Bertz CT molecular complexity index is 590. The molecule has 0 aliphatic rings. The van der Waals surface area contributed by atoms with Crippen LogP contribution in [0.3, 0.4) is 0 Å². The van der Waals surface area contributed by atoms with Crippen LogP contribution in [0.15, 0.2) is 24.3 Å². The maximum Gasteiger partial charge on any atom is 0.408 e. The molecule has 1 N–H and O–H groups in total. The monoisotopic (exact) mass is 319 g/mol. The lowest BCUT2D eigenvalue weighted by Gasteiger charge is -2.06. The number of nitrogens with one attached hydrogen (secondary N) is 1. The summed E-state index contributed by atoms with van der Waals surface area (Å²) in [7, 11) is 1.33. The normalized spacial score (nSPS) is 9.74. The van der Waals surface area contributed by atoms with Crippen molar-refractivity contribution >= 4 is 12.1 Å². The number of hydrogen-bond donors (Lipinski definition) is 1. The molecule has 1 aromatic carbocycles. The van der Waals surface area contributed by atoms with E-state index in [2.05, 4.69) is 35.7 Å². The second-order valence-electron chi connectivity index (χ2n) is 5.41. The van der Waals surface area contributed by atoms with Crippen molar-refractivity contribution in [3.05, 3.63) is 35.4 Å². The highest BCUT2D eigenvalue weighted by atomic mass is 16.5. The van der Waals surface area contributed by atoms with Gasteiger partial charge < -0.3 is 14.8 Å². The lowest BCUT2D eigenvalue weighted by atomic mass is 10.1. The van der Waals surface area contributed by atoms with Gasteiger partial charge in [-0.1, -0.05) is 31.8 Å². The number of hydrogen-bond acceptors (Lipinski definition) is 4. The van der Waals surface area contributed by atoms with Crippen molar-refractivity contribution < 1.29 is 20.5 Å². The topological polar surface area (TPSA) is 64.6 Å². The van der Waals surface area contributed by atoms with Gasteiger partial charge in [0.15, 0.2) is 6.61 Å². The summed E-state index contributed by atoms with van der Waals surface area (Å²) in [5.41, 5.74) is 1.09. The molecule has 0 bridgehead atoms. The molecule has 1 aromatic rings. The minimum Gasteiger partial charge on any atom is -0.465 e. The lowest BCUT2D eigenvalue weighted by molar-refractivity contribution is 0.0600. The molecular formula is C18H25NO4. The van der Waals surface area contributed by atoms with Crippen LogP contribution >= 0.6 is 0 Å². The van der Waals surface area contributed by atoms with E-state index in [1.54, 1.807) is 24.3 Å². The van der Waals surface area contributed by atoms with Crippen LogP contribution in [-0.2, 0) is 9.47 Å². The summed E-state index contributed by atoms with van der Waals surface area (Å²) in [6.07, 6.45) is 1.53. The molecule has 0 fully saturated rings. The minimum atomic E-state index is -0.466. The second-order valence-corrected chi connectivity index (χ2v) is 5.41. The van der Waals surface area contributed by atoms with Gasteiger partial charge in [0.25, 0.3) is 0 Å². The molecule has 0 spiro atoms. The molecule has 0 saturated carbocycles. The molecule has 0 aliphatic heterocycles. The zero-order chi connectivity index (χ0) is 17.1. The number of esters is 1. The first-order chi connectivity index (χ1) is 11.0. The van der Waals surface area contributed by atoms with Crippen molar-refractivity contribution in [2.75, 3.05) is 20.3 Å².